The molecule has 0 spiro atoms. The lowest BCUT2D eigenvalue weighted by Gasteiger charge is -2.07. The first-order chi connectivity index (χ1) is 8.65. The fourth-order valence-corrected chi connectivity index (χ4v) is 3.33. The highest BCUT2D eigenvalue weighted by atomic mass is 79.9. The maximum Gasteiger partial charge on any atom is 0.373 e. The van der Waals surface area contributed by atoms with Gasteiger partial charge < -0.3 is 22.1 Å². The minimum Gasteiger partial charge on any atom is -1.00 e. The van der Waals surface area contributed by atoms with Gasteiger partial charge in [-0.1, -0.05) is 36.8 Å². The van der Waals surface area contributed by atoms with Crippen molar-refractivity contribution in [2.75, 3.05) is 0 Å². The molecule has 0 saturated heterocycles. The van der Waals surface area contributed by atoms with Crippen LogP contribution in [0.25, 0.3) is 10.2 Å². The Bertz CT molecular complexity index is 568. The predicted octanol–water partition coefficient (Wildman–Crippen LogP) is 0.317. The average molecular weight is 344 g/mol. The van der Waals surface area contributed by atoms with E-state index >= 15 is 0 Å². The molecule has 1 aromatic carbocycles. The summed E-state index contributed by atoms with van der Waals surface area (Å²) < 4.78 is 3.12. The molecule has 0 bridgehead atoms. The zero-order chi connectivity index (χ0) is 13.1. The molecule has 0 fully saturated rings. The molecule has 104 valence electrons. The topological polar surface area (TPSA) is 41.2 Å². The Morgan fingerprint density at radius 2 is 2.11 bits per heavy atom. The SMILES string of the molecule is CCCCC(C(=O)O)[n+]1c(C)sc2ccccc21.[Br-]. The number of thiazole rings is 1. The zero-order valence-electron chi connectivity index (χ0n) is 11.1. The molecule has 19 heavy (non-hydrogen) atoms. The van der Waals surface area contributed by atoms with Crippen molar-refractivity contribution >= 4 is 27.5 Å². The molecule has 0 aliphatic rings. The van der Waals surface area contributed by atoms with Gasteiger partial charge in [-0.3, -0.25) is 0 Å². The lowest BCUT2D eigenvalue weighted by molar-refractivity contribution is -0.688. The van der Waals surface area contributed by atoms with Gasteiger partial charge >= 0.3 is 5.97 Å². The molecule has 1 N–H and O–H groups in total. The highest BCUT2D eigenvalue weighted by Gasteiger charge is 2.32. The summed E-state index contributed by atoms with van der Waals surface area (Å²) in [7, 11) is 0. The molecule has 3 nitrogen and oxygen atoms in total. The number of rotatable bonds is 5. The van der Waals surface area contributed by atoms with E-state index < -0.39 is 12.0 Å². The maximum atomic E-state index is 11.5. The van der Waals surface area contributed by atoms with E-state index in [1.54, 1.807) is 11.3 Å². The fourth-order valence-electron chi connectivity index (χ4n) is 2.27. The quantitative estimate of drug-likeness (QED) is 0.794. The van der Waals surface area contributed by atoms with Crippen molar-refractivity contribution in [3.8, 4) is 0 Å². The highest BCUT2D eigenvalue weighted by Crippen LogP contribution is 2.23. The van der Waals surface area contributed by atoms with Crippen molar-refractivity contribution in [3.05, 3.63) is 29.3 Å². The lowest BCUT2D eigenvalue weighted by Crippen LogP contribution is -3.00. The van der Waals surface area contributed by atoms with Crippen molar-refractivity contribution in [1.82, 2.24) is 0 Å². The van der Waals surface area contributed by atoms with E-state index in [1.807, 2.05) is 35.8 Å². The summed E-state index contributed by atoms with van der Waals surface area (Å²) in [5, 5.41) is 10.5. The molecule has 0 aliphatic carbocycles. The molecule has 1 atom stereocenters. The van der Waals surface area contributed by atoms with Crippen LogP contribution in [0, 0.1) is 6.92 Å². The zero-order valence-corrected chi connectivity index (χ0v) is 13.5. The number of unbranched alkanes of at least 4 members (excludes halogenated alkanes) is 1. The number of nitrogens with zero attached hydrogens (tertiary/aromatic N) is 1. The molecule has 0 saturated carbocycles. The highest BCUT2D eigenvalue weighted by molar-refractivity contribution is 7.18. The van der Waals surface area contributed by atoms with Crippen LogP contribution < -0.4 is 21.5 Å². The van der Waals surface area contributed by atoms with Crippen molar-refractivity contribution in [2.24, 2.45) is 0 Å². The normalized spacial score (nSPS) is 12.1. The molecular formula is C14H18BrNO2S. The number of para-hydroxylation sites is 1. The van der Waals surface area contributed by atoms with Crippen LogP contribution in [-0.4, -0.2) is 11.1 Å². The summed E-state index contributed by atoms with van der Waals surface area (Å²) in [6, 6.07) is 7.55. The summed E-state index contributed by atoms with van der Waals surface area (Å²) in [4.78, 5) is 11.5. The van der Waals surface area contributed by atoms with Gasteiger partial charge in [0.25, 0.3) is 6.04 Å². The largest absolute Gasteiger partial charge is 1.00 e. The second-order valence-electron chi connectivity index (χ2n) is 4.46. The molecule has 1 aromatic heterocycles. The third-order valence-corrected chi connectivity index (χ3v) is 4.21. The molecule has 5 heteroatoms. The first kappa shape index (κ1) is 16.1. The van der Waals surface area contributed by atoms with Crippen LogP contribution >= 0.6 is 11.3 Å². The van der Waals surface area contributed by atoms with Crippen molar-refractivity contribution in [1.29, 1.82) is 0 Å². The molecule has 0 amide bonds. The first-order valence-electron chi connectivity index (χ1n) is 6.27. The predicted molar refractivity (Wildman–Crippen MR) is 73.0 cm³/mol. The summed E-state index contributed by atoms with van der Waals surface area (Å²) in [6.07, 6.45) is 2.65. The molecule has 2 aromatic rings. The number of fused-ring (bicyclic) bond motifs is 1. The van der Waals surface area contributed by atoms with Crippen LogP contribution in [0.2, 0.25) is 0 Å². The van der Waals surface area contributed by atoms with Crippen LogP contribution in [0.1, 0.15) is 37.2 Å². The Labute approximate surface area is 127 Å². The number of carboxylic acids is 1. The standard InChI is InChI=1S/C14H17NO2S.BrH/c1-3-4-7-12(14(16)17)15-10(2)18-13-9-6-5-8-11(13)15;/h5-6,8-9,12H,3-4,7H2,1-2H3;1H. The maximum absolute atomic E-state index is 11.5. The Balaban J connectivity index is 0.00000180. The Hall–Kier alpha value is -0.940. The van der Waals surface area contributed by atoms with E-state index in [0.29, 0.717) is 6.42 Å². The smallest absolute Gasteiger partial charge is 0.373 e. The van der Waals surface area contributed by atoms with Gasteiger partial charge in [-0.15, -0.1) is 0 Å². The Morgan fingerprint density at radius 1 is 1.42 bits per heavy atom. The summed E-state index contributed by atoms with van der Waals surface area (Å²) in [6.45, 7) is 4.08. The number of carboxylic acid groups (broad SMARTS) is 1. The van der Waals surface area contributed by atoms with Crippen LogP contribution in [0.4, 0.5) is 0 Å². The molecule has 0 aliphatic heterocycles. The van der Waals surface area contributed by atoms with Crippen molar-refractivity contribution in [2.45, 2.75) is 39.2 Å². The van der Waals surface area contributed by atoms with Gasteiger partial charge in [0.2, 0.25) is 10.5 Å². The third-order valence-electron chi connectivity index (χ3n) is 3.15. The van der Waals surface area contributed by atoms with E-state index in [-0.39, 0.29) is 17.0 Å². The number of benzene rings is 1. The van der Waals surface area contributed by atoms with Crippen LogP contribution in [-0.2, 0) is 4.79 Å². The molecular weight excluding hydrogens is 326 g/mol. The third kappa shape index (κ3) is 3.34. The monoisotopic (exact) mass is 343 g/mol. The minimum absolute atomic E-state index is 0. The van der Waals surface area contributed by atoms with Crippen LogP contribution in [0.15, 0.2) is 24.3 Å². The van der Waals surface area contributed by atoms with Gasteiger partial charge in [0.1, 0.15) is 4.70 Å². The first-order valence-corrected chi connectivity index (χ1v) is 7.09. The van der Waals surface area contributed by atoms with Gasteiger partial charge in [0, 0.05) is 19.4 Å². The lowest BCUT2D eigenvalue weighted by atomic mass is 10.1. The van der Waals surface area contributed by atoms with Crippen LogP contribution in [0.3, 0.4) is 0 Å². The van der Waals surface area contributed by atoms with E-state index in [4.69, 9.17) is 0 Å². The fraction of sp³-hybridized carbons (Fsp3) is 0.429. The number of hydrogen-bond acceptors (Lipinski definition) is 2. The number of hydrogen-bond donors (Lipinski definition) is 1. The Morgan fingerprint density at radius 3 is 2.74 bits per heavy atom. The van der Waals surface area contributed by atoms with Crippen molar-refractivity contribution < 1.29 is 31.4 Å². The summed E-state index contributed by atoms with van der Waals surface area (Å²) in [5.74, 6) is -0.736. The van der Waals surface area contributed by atoms with Gasteiger partial charge in [-0.05, 0) is 12.5 Å². The van der Waals surface area contributed by atoms with E-state index in [9.17, 15) is 9.90 Å². The molecule has 1 heterocycles. The second-order valence-corrected chi connectivity index (χ2v) is 5.69. The van der Waals surface area contributed by atoms with E-state index in [2.05, 4.69) is 6.92 Å². The number of aryl methyl sites for hydroxylation is 1. The Kier molecular flexibility index (Phi) is 5.94. The molecule has 1 unspecified atom stereocenters. The minimum atomic E-state index is -0.736. The number of aliphatic carboxylic acids is 1. The van der Waals surface area contributed by atoms with Gasteiger partial charge in [-0.2, -0.15) is 4.57 Å². The number of halogens is 1. The second kappa shape index (κ2) is 7.01. The molecule has 0 radical (unpaired) electrons. The number of aromatic nitrogens is 1. The number of carbonyl (C=O) groups is 1. The van der Waals surface area contributed by atoms with Gasteiger partial charge in [0.05, 0.1) is 0 Å². The molecule has 2 rings (SSSR count). The summed E-state index contributed by atoms with van der Waals surface area (Å²) in [5.41, 5.74) is 1.03. The van der Waals surface area contributed by atoms with Crippen molar-refractivity contribution in [3.63, 3.8) is 0 Å². The van der Waals surface area contributed by atoms with E-state index in [1.165, 1.54) is 0 Å². The average Bonchev–Trinajstić information content (AvgIpc) is 2.66. The van der Waals surface area contributed by atoms with E-state index in [0.717, 1.165) is 28.1 Å². The van der Waals surface area contributed by atoms with Crippen LogP contribution in [0.5, 0.6) is 0 Å². The summed E-state index contributed by atoms with van der Waals surface area (Å²) >= 11 is 1.66. The van der Waals surface area contributed by atoms with Gasteiger partial charge in [-0.25, -0.2) is 4.79 Å². The van der Waals surface area contributed by atoms with Gasteiger partial charge in [0.15, 0.2) is 0 Å².